The van der Waals surface area contributed by atoms with Gasteiger partial charge in [-0.15, -0.1) is 11.3 Å². The van der Waals surface area contributed by atoms with Crippen LogP contribution >= 0.6 is 11.3 Å². The average Bonchev–Trinajstić information content (AvgIpc) is 3.48. The number of piperidine rings is 1. The Kier molecular flexibility index (Phi) is 7.19. The van der Waals surface area contributed by atoms with E-state index in [0.29, 0.717) is 27.8 Å². The third-order valence-corrected chi connectivity index (χ3v) is 8.07. The number of hydrogen-bond donors (Lipinski definition) is 1. The Labute approximate surface area is 234 Å². The van der Waals surface area contributed by atoms with E-state index < -0.39 is 23.3 Å². The predicted octanol–water partition coefficient (Wildman–Crippen LogP) is 5.09. The van der Waals surface area contributed by atoms with Crippen LogP contribution < -0.4 is 10.9 Å². The van der Waals surface area contributed by atoms with Crippen molar-refractivity contribution < 1.29 is 9.18 Å². The first-order valence-corrected chi connectivity index (χ1v) is 14.0. The number of amides is 1. The van der Waals surface area contributed by atoms with Crippen molar-refractivity contribution in [3.63, 3.8) is 0 Å². The summed E-state index contributed by atoms with van der Waals surface area (Å²) in [4.78, 5) is 42.7. The van der Waals surface area contributed by atoms with Crippen LogP contribution in [0.25, 0.3) is 22.3 Å². The Balaban J connectivity index is 1.37. The molecule has 0 bridgehead atoms. The SMILES string of the molecule is CN1CCC(c2ccc(-c3ccc4ncn(C(C(=O)Nc5nccs5)c5cccc(F)c5)c(=O)c4n3)cc2)CC1. The summed E-state index contributed by atoms with van der Waals surface area (Å²) >= 11 is 1.24. The number of likely N-dealkylation sites (tertiary alicyclic amines) is 1. The number of nitrogens with one attached hydrogen (secondary N) is 1. The molecule has 1 unspecified atom stereocenters. The van der Waals surface area contributed by atoms with Gasteiger partial charge in [0, 0.05) is 17.1 Å². The molecule has 5 aromatic rings. The number of carbonyl (C=O) groups is 1. The summed E-state index contributed by atoms with van der Waals surface area (Å²) in [6.07, 6.45) is 5.14. The Morgan fingerprint density at radius 2 is 1.88 bits per heavy atom. The molecular formula is C30H27FN6O2S. The van der Waals surface area contributed by atoms with Crippen LogP contribution in [-0.2, 0) is 4.79 Å². The van der Waals surface area contributed by atoms with E-state index in [0.717, 1.165) is 31.5 Å². The molecule has 1 atom stereocenters. The third-order valence-electron chi connectivity index (χ3n) is 7.38. The monoisotopic (exact) mass is 554 g/mol. The molecular weight excluding hydrogens is 527 g/mol. The highest BCUT2D eigenvalue weighted by molar-refractivity contribution is 7.13. The van der Waals surface area contributed by atoms with Crippen LogP contribution in [-0.4, -0.2) is 50.5 Å². The molecule has 1 saturated heterocycles. The Morgan fingerprint density at radius 1 is 1.07 bits per heavy atom. The lowest BCUT2D eigenvalue weighted by atomic mass is 9.89. The molecule has 4 heterocycles. The van der Waals surface area contributed by atoms with Gasteiger partial charge in [0.15, 0.2) is 10.6 Å². The van der Waals surface area contributed by atoms with Gasteiger partial charge in [-0.2, -0.15) is 0 Å². The molecule has 1 aliphatic heterocycles. The molecule has 1 amide bonds. The van der Waals surface area contributed by atoms with E-state index in [1.165, 1.54) is 46.0 Å². The van der Waals surface area contributed by atoms with Crippen molar-refractivity contribution in [2.24, 2.45) is 0 Å². The Hall–Kier alpha value is -4.28. The number of halogens is 1. The second-order valence-corrected chi connectivity index (χ2v) is 10.9. The molecule has 10 heteroatoms. The second kappa shape index (κ2) is 11.1. The lowest BCUT2D eigenvalue weighted by Gasteiger charge is -2.29. The summed E-state index contributed by atoms with van der Waals surface area (Å²) in [7, 11) is 2.15. The zero-order chi connectivity index (χ0) is 27.6. The zero-order valence-electron chi connectivity index (χ0n) is 21.8. The highest BCUT2D eigenvalue weighted by Crippen LogP contribution is 2.29. The molecule has 6 rings (SSSR count). The van der Waals surface area contributed by atoms with Crippen LogP contribution in [0, 0.1) is 5.82 Å². The zero-order valence-corrected chi connectivity index (χ0v) is 22.6. The van der Waals surface area contributed by atoms with Crippen molar-refractivity contribution in [2.75, 3.05) is 25.5 Å². The fourth-order valence-electron chi connectivity index (χ4n) is 5.20. The van der Waals surface area contributed by atoms with Gasteiger partial charge >= 0.3 is 0 Å². The van der Waals surface area contributed by atoms with E-state index in [1.54, 1.807) is 23.7 Å². The summed E-state index contributed by atoms with van der Waals surface area (Å²) < 4.78 is 15.4. The predicted molar refractivity (Wildman–Crippen MR) is 154 cm³/mol. The van der Waals surface area contributed by atoms with E-state index >= 15 is 0 Å². The fraction of sp³-hybridized carbons (Fsp3) is 0.233. The number of anilines is 1. The molecule has 2 aromatic carbocycles. The molecule has 3 aromatic heterocycles. The fourth-order valence-corrected chi connectivity index (χ4v) is 5.73. The standard InChI is InChI=1S/C30H27FN6O2S/c1-36-14-11-20(12-15-36)19-5-7-21(8-6-19)24-9-10-25-26(34-24)29(39)37(18-33-25)27(22-3-2-4-23(31)17-22)28(38)35-30-32-13-16-40-30/h2-10,13,16-18,20,27H,11-12,14-15H2,1H3,(H,32,35,38). The average molecular weight is 555 g/mol. The lowest BCUT2D eigenvalue weighted by Crippen LogP contribution is -2.34. The van der Waals surface area contributed by atoms with E-state index in [2.05, 4.69) is 44.3 Å². The first kappa shape index (κ1) is 26.0. The van der Waals surface area contributed by atoms with E-state index in [9.17, 15) is 14.0 Å². The number of aromatic nitrogens is 4. The van der Waals surface area contributed by atoms with Gasteiger partial charge in [-0.25, -0.2) is 19.3 Å². The molecule has 202 valence electrons. The number of nitrogens with zero attached hydrogens (tertiary/aromatic N) is 5. The number of fused-ring (bicyclic) bond motifs is 1. The van der Waals surface area contributed by atoms with Crippen LogP contribution in [0.2, 0.25) is 0 Å². The van der Waals surface area contributed by atoms with Crippen molar-refractivity contribution in [2.45, 2.75) is 24.8 Å². The number of rotatable bonds is 6. The van der Waals surface area contributed by atoms with Gasteiger partial charge in [-0.05, 0) is 74.3 Å². The molecule has 0 aliphatic carbocycles. The number of hydrogen-bond acceptors (Lipinski definition) is 7. The lowest BCUT2D eigenvalue weighted by molar-refractivity contribution is -0.118. The smallest absolute Gasteiger partial charge is 0.280 e. The van der Waals surface area contributed by atoms with Crippen LogP contribution in [0.15, 0.2) is 83.4 Å². The second-order valence-electron chi connectivity index (χ2n) is 10.0. The maximum atomic E-state index is 14.2. The minimum absolute atomic E-state index is 0.128. The molecule has 8 nitrogen and oxygen atoms in total. The molecule has 1 N–H and O–H groups in total. The van der Waals surface area contributed by atoms with E-state index in [-0.39, 0.29) is 5.52 Å². The normalized spacial score (nSPS) is 15.2. The van der Waals surface area contributed by atoms with Gasteiger partial charge in [0.05, 0.1) is 17.5 Å². The third kappa shape index (κ3) is 5.28. The van der Waals surface area contributed by atoms with Crippen LogP contribution in [0.3, 0.4) is 0 Å². The van der Waals surface area contributed by atoms with Gasteiger partial charge in [0.25, 0.3) is 11.5 Å². The number of benzene rings is 2. The van der Waals surface area contributed by atoms with Crippen molar-refractivity contribution in [1.29, 1.82) is 0 Å². The summed E-state index contributed by atoms with van der Waals surface area (Å²) in [5, 5.41) is 4.82. The van der Waals surface area contributed by atoms with Gasteiger partial charge in [-0.3, -0.25) is 19.5 Å². The molecule has 0 saturated carbocycles. The number of thiazole rings is 1. The molecule has 40 heavy (non-hydrogen) atoms. The summed E-state index contributed by atoms with van der Waals surface area (Å²) in [5.41, 5.74) is 3.17. The topological polar surface area (TPSA) is 93.0 Å². The molecule has 1 fully saturated rings. The van der Waals surface area contributed by atoms with Gasteiger partial charge in [-0.1, -0.05) is 36.4 Å². The summed E-state index contributed by atoms with van der Waals surface area (Å²) in [6, 6.07) is 16.4. The van der Waals surface area contributed by atoms with Crippen LogP contribution in [0.5, 0.6) is 0 Å². The summed E-state index contributed by atoms with van der Waals surface area (Å²) in [6.45, 7) is 2.19. The van der Waals surface area contributed by atoms with Crippen molar-refractivity contribution in [1.82, 2.24) is 24.4 Å². The quantitative estimate of drug-likeness (QED) is 0.314. The number of carbonyl (C=O) groups excluding carboxylic acids is 1. The minimum atomic E-state index is -1.18. The van der Waals surface area contributed by atoms with Crippen molar-refractivity contribution in [3.05, 3.63) is 106 Å². The molecule has 1 aliphatic rings. The largest absolute Gasteiger partial charge is 0.306 e. The van der Waals surface area contributed by atoms with Crippen molar-refractivity contribution in [3.8, 4) is 11.3 Å². The molecule has 0 radical (unpaired) electrons. The van der Waals surface area contributed by atoms with Crippen molar-refractivity contribution >= 4 is 33.4 Å². The van der Waals surface area contributed by atoms with E-state index in [1.807, 2.05) is 18.2 Å². The highest BCUT2D eigenvalue weighted by Gasteiger charge is 2.26. The highest BCUT2D eigenvalue weighted by atomic mass is 32.1. The maximum absolute atomic E-state index is 14.2. The molecule has 0 spiro atoms. The first-order chi connectivity index (χ1) is 19.5. The number of pyridine rings is 1. The first-order valence-electron chi connectivity index (χ1n) is 13.1. The Morgan fingerprint density at radius 3 is 2.60 bits per heavy atom. The van der Waals surface area contributed by atoms with Crippen LogP contribution in [0.4, 0.5) is 9.52 Å². The van der Waals surface area contributed by atoms with E-state index in [4.69, 9.17) is 0 Å². The minimum Gasteiger partial charge on any atom is -0.306 e. The summed E-state index contributed by atoms with van der Waals surface area (Å²) in [5.74, 6) is -0.513. The van der Waals surface area contributed by atoms with Gasteiger partial charge in [0.1, 0.15) is 11.9 Å². The van der Waals surface area contributed by atoms with Crippen LogP contribution in [0.1, 0.15) is 35.9 Å². The maximum Gasteiger partial charge on any atom is 0.280 e. The Bertz CT molecular complexity index is 1710. The van der Waals surface area contributed by atoms with Gasteiger partial charge in [0.2, 0.25) is 0 Å². The van der Waals surface area contributed by atoms with Gasteiger partial charge < -0.3 is 4.90 Å².